The first-order valence-corrected chi connectivity index (χ1v) is 8.81. The molecule has 4 fully saturated rings. The van der Waals surface area contributed by atoms with E-state index in [4.69, 9.17) is 15.2 Å². The maximum atomic E-state index is 12.3. The van der Waals surface area contributed by atoms with Gasteiger partial charge in [-0.15, -0.1) is 0 Å². The zero-order chi connectivity index (χ0) is 15.4. The molecule has 4 rings (SSSR count). The third-order valence-corrected chi connectivity index (χ3v) is 5.76. The van der Waals surface area contributed by atoms with Crippen molar-refractivity contribution in [3.8, 4) is 0 Å². The number of nitrogens with one attached hydrogen (secondary N) is 1. The van der Waals surface area contributed by atoms with Gasteiger partial charge in [-0.25, -0.2) is 0 Å². The molecule has 0 atom stereocenters. The van der Waals surface area contributed by atoms with E-state index in [-0.39, 0.29) is 12.6 Å². The van der Waals surface area contributed by atoms with Crippen molar-refractivity contribution in [2.24, 2.45) is 28.9 Å². The fourth-order valence-electron chi connectivity index (χ4n) is 5.48. The van der Waals surface area contributed by atoms with Crippen molar-refractivity contribution in [2.45, 2.75) is 44.9 Å². The quantitative estimate of drug-likeness (QED) is 0.502. The Morgan fingerprint density at radius 3 is 2.18 bits per heavy atom. The van der Waals surface area contributed by atoms with Gasteiger partial charge in [-0.1, -0.05) is 0 Å². The number of hydrogen-bond acceptors (Lipinski definition) is 4. The number of carbonyl (C=O) groups excluding carboxylic acids is 1. The Morgan fingerprint density at radius 1 is 1.00 bits per heavy atom. The van der Waals surface area contributed by atoms with Crippen LogP contribution in [0.15, 0.2) is 0 Å². The van der Waals surface area contributed by atoms with Crippen LogP contribution in [0.3, 0.4) is 0 Å². The zero-order valence-corrected chi connectivity index (χ0v) is 13.5. The van der Waals surface area contributed by atoms with E-state index in [2.05, 4.69) is 5.32 Å². The Kier molecular flexibility index (Phi) is 5.37. The minimum Gasteiger partial charge on any atom is -0.377 e. The highest BCUT2D eigenvalue weighted by atomic mass is 16.5. The Bertz CT molecular complexity index is 351. The van der Waals surface area contributed by atoms with Gasteiger partial charge in [0.05, 0.1) is 26.6 Å². The molecular formula is C17H30N2O3. The smallest absolute Gasteiger partial charge is 0.220 e. The number of nitrogens with two attached hydrogens (primary N) is 1. The molecule has 0 saturated heterocycles. The summed E-state index contributed by atoms with van der Waals surface area (Å²) in [6, 6.07) is 0. The van der Waals surface area contributed by atoms with Crippen LogP contribution >= 0.6 is 0 Å². The van der Waals surface area contributed by atoms with Crippen molar-refractivity contribution in [3.05, 3.63) is 0 Å². The second-order valence-electron chi connectivity index (χ2n) is 7.63. The minimum absolute atomic E-state index is 0.212. The summed E-state index contributed by atoms with van der Waals surface area (Å²) in [7, 11) is 0. The lowest BCUT2D eigenvalue weighted by Crippen LogP contribution is -2.48. The van der Waals surface area contributed by atoms with Gasteiger partial charge in [0.25, 0.3) is 0 Å². The van der Waals surface area contributed by atoms with Crippen LogP contribution in [0.25, 0.3) is 0 Å². The van der Waals surface area contributed by atoms with E-state index in [0.717, 1.165) is 24.2 Å². The van der Waals surface area contributed by atoms with Crippen LogP contribution in [0.4, 0.5) is 0 Å². The number of carbonyl (C=O) groups is 1. The molecule has 0 aromatic heterocycles. The van der Waals surface area contributed by atoms with E-state index in [1.54, 1.807) is 0 Å². The number of hydrogen-bond donors (Lipinski definition) is 2. The Morgan fingerprint density at radius 2 is 1.59 bits per heavy atom. The molecule has 0 aromatic carbocycles. The second-order valence-corrected chi connectivity index (χ2v) is 7.63. The first-order valence-electron chi connectivity index (χ1n) is 8.81. The lowest BCUT2D eigenvalue weighted by atomic mass is 9.49. The number of rotatable bonds is 9. The number of ether oxygens (including phenoxy) is 2. The van der Waals surface area contributed by atoms with Gasteiger partial charge < -0.3 is 20.5 Å². The molecule has 0 unspecified atom stereocenters. The molecule has 5 nitrogen and oxygen atoms in total. The summed E-state index contributed by atoms with van der Waals surface area (Å²) >= 11 is 0. The van der Waals surface area contributed by atoms with Crippen molar-refractivity contribution in [1.82, 2.24) is 5.32 Å². The fraction of sp³-hybridized carbons (Fsp3) is 0.941. The van der Waals surface area contributed by atoms with Gasteiger partial charge in [0.1, 0.15) is 0 Å². The van der Waals surface area contributed by atoms with E-state index in [9.17, 15) is 4.79 Å². The van der Waals surface area contributed by atoms with Gasteiger partial charge >= 0.3 is 0 Å². The predicted molar refractivity (Wildman–Crippen MR) is 84.1 cm³/mol. The first kappa shape index (κ1) is 16.2. The van der Waals surface area contributed by atoms with Crippen LogP contribution in [0.5, 0.6) is 0 Å². The number of amides is 1. The maximum Gasteiger partial charge on any atom is 0.220 e. The van der Waals surface area contributed by atoms with E-state index in [1.165, 1.54) is 38.5 Å². The standard InChI is InChI=1S/C17H30N2O3/c18-12-22-4-3-21-2-1-19-16(20)11-17-8-13-5-14(9-17)7-15(6-13)10-17/h13-15H,1-12,18H2,(H,19,20). The van der Waals surface area contributed by atoms with Gasteiger partial charge in [0, 0.05) is 13.0 Å². The van der Waals surface area contributed by atoms with Crippen LogP contribution < -0.4 is 11.1 Å². The monoisotopic (exact) mass is 310 g/mol. The zero-order valence-electron chi connectivity index (χ0n) is 13.5. The summed E-state index contributed by atoms with van der Waals surface area (Å²) in [4.78, 5) is 12.3. The largest absolute Gasteiger partial charge is 0.377 e. The minimum atomic E-state index is 0.212. The van der Waals surface area contributed by atoms with E-state index < -0.39 is 0 Å². The molecule has 4 aliphatic carbocycles. The molecule has 0 heterocycles. The first-order chi connectivity index (χ1) is 10.7. The van der Waals surface area contributed by atoms with Crippen LogP contribution in [0.2, 0.25) is 0 Å². The maximum absolute atomic E-state index is 12.3. The summed E-state index contributed by atoms with van der Waals surface area (Å²) in [5.41, 5.74) is 5.54. The molecule has 0 radical (unpaired) electrons. The van der Waals surface area contributed by atoms with Gasteiger partial charge in [0.2, 0.25) is 5.91 Å². The molecule has 0 aliphatic heterocycles. The van der Waals surface area contributed by atoms with E-state index in [1.807, 2.05) is 0 Å². The van der Waals surface area contributed by atoms with Crippen molar-refractivity contribution in [3.63, 3.8) is 0 Å². The van der Waals surface area contributed by atoms with Crippen LogP contribution in [0.1, 0.15) is 44.9 Å². The van der Waals surface area contributed by atoms with E-state index in [0.29, 0.717) is 31.8 Å². The summed E-state index contributed by atoms with van der Waals surface area (Å²) in [6.07, 6.45) is 8.89. The molecule has 4 bridgehead atoms. The van der Waals surface area contributed by atoms with Gasteiger partial charge in [-0.05, 0) is 61.7 Å². The van der Waals surface area contributed by atoms with Crippen molar-refractivity contribution in [1.29, 1.82) is 0 Å². The summed E-state index contributed by atoms with van der Waals surface area (Å²) in [6.45, 7) is 2.40. The Labute approximate surface area is 133 Å². The highest BCUT2D eigenvalue weighted by Gasteiger charge is 2.51. The highest BCUT2D eigenvalue weighted by molar-refractivity contribution is 5.76. The predicted octanol–water partition coefficient (Wildman–Crippen LogP) is 1.66. The summed E-state index contributed by atoms with van der Waals surface area (Å²) < 4.78 is 10.4. The molecule has 4 saturated carbocycles. The molecule has 0 spiro atoms. The average molecular weight is 310 g/mol. The average Bonchev–Trinajstić information content (AvgIpc) is 2.44. The lowest BCUT2D eigenvalue weighted by molar-refractivity contribution is -0.129. The molecular weight excluding hydrogens is 280 g/mol. The van der Waals surface area contributed by atoms with Crippen LogP contribution in [-0.2, 0) is 14.3 Å². The topological polar surface area (TPSA) is 73.6 Å². The third kappa shape index (κ3) is 4.00. The normalized spacial score (nSPS) is 35.8. The third-order valence-electron chi connectivity index (χ3n) is 5.76. The second kappa shape index (κ2) is 7.28. The Hall–Kier alpha value is -0.650. The molecule has 4 aliphatic rings. The molecule has 1 amide bonds. The molecule has 22 heavy (non-hydrogen) atoms. The van der Waals surface area contributed by atoms with Gasteiger partial charge in [-0.3, -0.25) is 4.79 Å². The molecule has 0 aromatic rings. The van der Waals surface area contributed by atoms with E-state index >= 15 is 0 Å². The highest BCUT2D eigenvalue weighted by Crippen LogP contribution is 2.61. The van der Waals surface area contributed by atoms with Crippen molar-refractivity contribution in [2.75, 3.05) is 33.1 Å². The fourth-order valence-corrected chi connectivity index (χ4v) is 5.48. The van der Waals surface area contributed by atoms with Gasteiger partial charge in [0.15, 0.2) is 0 Å². The summed E-state index contributed by atoms with van der Waals surface area (Å²) in [5.74, 6) is 2.93. The molecule has 126 valence electrons. The lowest BCUT2D eigenvalue weighted by Gasteiger charge is -2.56. The van der Waals surface area contributed by atoms with Crippen molar-refractivity contribution >= 4 is 5.91 Å². The van der Waals surface area contributed by atoms with Crippen molar-refractivity contribution < 1.29 is 14.3 Å². The van der Waals surface area contributed by atoms with Gasteiger partial charge in [-0.2, -0.15) is 0 Å². The van der Waals surface area contributed by atoms with Crippen LogP contribution in [-0.4, -0.2) is 39.0 Å². The molecule has 3 N–H and O–H groups in total. The summed E-state index contributed by atoms with van der Waals surface area (Å²) in [5, 5.41) is 3.02. The molecule has 5 heteroatoms. The Balaban J connectivity index is 1.34. The SMILES string of the molecule is NCOCCOCCNC(=O)CC12CC3CC(CC(C3)C1)C2. The van der Waals surface area contributed by atoms with Crippen LogP contribution in [0, 0.1) is 23.2 Å².